The smallest absolute Gasteiger partial charge is 0.303 e. The fourth-order valence-electron chi connectivity index (χ4n) is 13.1. The molecule has 0 aromatic rings. The van der Waals surface area contributed by atoms with E-state index in [0.29, 0.717) is 48.7 Å². The number of carbonyl (C=O) groups is 4. The number of nitrogens with one attached hydrogen (secondary N) is 8. The lowest BCUT2D eigenvalue weighted by Gasteiger charge is -2.44. The highest BCUT2D eigenvalue weighted by Crippen LogP contribution is 2.47. The molecule has 5 heterocycles. The number of hydrogen-bond donors (Lipinski definition) is 12. The number of aliphatic carboxylic acids is 4. The topological polar surface area (TPSA) is 282 Å². The van der Waals surface area contributed by atoms with Gasteiger partial charge in [-0.1, -0.05) is 0 Å². The standard InChI is InChI=1S/C52H92N8O12S4/c1-25(2)69-29-17-18-30(70-26(3)4)38-37(29)45-53-46(38)56-50-43(75-23-11-15-35(65)66)44(76-24-12-16-36(67)68)52(60-50)58-48-40-32(72-28(7)8)20-19-31(71-27(5)6)39(40)47(54-48)57-51-42(74-22-10-14-34(63)64)41(49(55-45)59-51)73-21-9-13-33(61)62/h25-32,37-60H,9-24H2,1-8H3,(H,61,62)(H,63,64)(H,65,66)(H,67,68). The van der Waals surface area contributed by atoms with Crippen molar-refractivity contribution < 1.29 is 58.6 Å². The van der Waals surface area contributed by atoms with Crippen LogP contribution in [0.15, 0.2) is 0 Å². The van der Waals surface area contributed by atoms with Gasteiger partial charge in [-0.2, -0.15) is 47.0 Å². The van der Waals surface area contributed by atoms with E-state index < -0.39 is 23.9 Å². The summed E-state index contributed by atoms with van der Waals surface area (Å²) in [6.07, 6.45) is 2.72. The van der Waals surface area contributed by atoms with Crippen LogP contribution in [0.1, 0.15) is 132 Å². The molecule has 0 amide bonds. The Morgan fingerprint density at radius 2 is 0.539 bits per heavy atom. The van der Waals surface area contributed by atoms with Gasteiger partial charge in [-0.05, 0) is 130 Å². The normalized spacial score (nSPS) is 38.3. The summed E-state index contributed by atoms with van der Waals surface area (Å²) in [5, 5.41) is 71.6. The number of carboxylic acid groups (broad SMARTS) is 4. The van der Waals surface area contributed by atoms with Crippen LogP contribution in [0.3, 0.4) is 0 Å². The van der Waals surface area contributed by atoms with Gasteiger partial charge in [0.15, 0.2) is 0 Å². The van der Waals surface area contributed by atoms with E-state index in [1.165, 1.54) is 0 Å². The molecule has 0 radical (unpaired) electrons. The summed E-state index contributed by atoms with van der Waals surface area (Å²) >= 11 is 7.08. The Kier molecular flexibility index (Phi) is 24.4. The largest absolute Gasteiger partial charge is 0.481 e. The Bertz CT molecular complexity index is 1620. The van der Waals surface area contributed by atoms with Crippen LogP contribution in [0.2, 0.25) is 0 Å². The van der Waals surface area contributed by atoms with Crippen molar-refractivity contribution in [1.29, 1.82) is 0 Å². The summed E-state index contributed by atoms with van der Waals surface area (Å²) in [7, 11) is 0. The lowest BCUT2D eigenvalue weighted by atomic mass is 9.74. The SMILES string of the molecule is CC(C)OC1CCC(OC(C)C)C2C3NC4NC(NC5NC(NC6NC(NC(N3)C12)C(SCCCC(=O)O)C6SCCCC(=O)O)C1C(OC(C)C)CCC(OC(C)C)C51)C(SCCCC(=O)O)C4SCCCC(=O)O. The van der Waals surface area contributed by atoms with E-state index in [1.54, 1.807) is 47.0 Å². The van der Waals surface area contributed by atoms with Crippen LogP contribution < -0.4 is 42.5 Å². The molecule has 12 N–H and O–H groups in total. The first kappa shape index (κ1) is 62.4. The van der Waals surface area contributed by atoms with Crippen molar-refractivity contribution in [3.05, 3.63) is 0 Å². The Morgan fingerprint density at radius 1 is 0.355 bits per heavy atom. The number of thioether (sulfide) groups is 4. The van der Waals surface area contributed by atoms with Gasteiger partial charge >= 0.3 is 23.9 Å². The average molecular weight is 1150 g/mol. The third-order valence-electron chi connectivity index (χ3n) is 15.6. The summed E-state index contributed by atoms with van der Waals surface area (Å²) in [5.41, 5.74) is 0. The number of ether oxygens (including phenoxy) is 4. The molecule has 20 unspecified atom stereocenters. The number of fused-ring (bicyclic) bond motifs is 14. The molecule has 2 aliphatic carbocycles. The predicted molar refractivity (Wildman–Crippen MR) is 300 cm³/mol. The molecule has 24 heteroatoms. The maximum absolute atomic E-state index is 11.8. The van der Waals surface area contributed by atoms with Crippen molar-refractivity contribution in [3.63, 3.8) is 0 Å². The lowest BCUT2D eigenvalue weighted by Crippen LogP contribution is -2.62. The summed E-state index contributed by atoms with van der Waals surface area (Å²) < 4.78 is 27.6. The quantitative estimate of drug-likeness (QED) is 0.0482. The molecule has 5 aliphatic heterocycles. The second-order valence-corrected chi connectivity index (χ2v) is 28.0. The highest BCUT2D eigenvalue weighted by atomic mass is 32.2. The first-order chi connectivity index (χ1) is 36.3. The third kappa shape index (κ3) is 17.0. The third-order valence-corrected chi connectivity index (χ3v) is 21.9. The average Bonchev–Trinajstić information content (AvgIpc) is 4.07. The van der Waals surface area contributed by atoms with Gasteiger partial charge in [0.25, 0.3) is 0 Å². The van der Waals surface area contributed by atoms with E-state index in [4.69, 9.17) is 18.9 Å². The summed E-state index contributed by atoms with van der Waals surface area (Å²) in [5.74, 6) is -1.01. The van der Waals surface area contributed by atoms with E-state index in [1.807, 2.05) is 0 Å². The van der Waals surface area contributed by atoms with E-state index >= 15 is 0 Å². The molecule has 0 aromatic carbocycles. The van der Waals surface area contributed by atoms with Gasteiger partial charge in [0.1, 0.15) is 0 Å². The zero-order valence-electron chi connectivity index (χ0n) is 45.9. The molecule has 0 spiro atoms. The summed E-state index contributed by atoms with van der Waals surface area (Å²) in [6.45, 7) is 16.7. The molecule has 7 fully saturated rings. The second kappa shape index (κ2) is 29.7. The van der Waals surface area contributed by atoms with Crippen molar-refractivity contribution in [2.45, 2.75) is 252 Å². The van der Waals surface area contributed by atoms with Crippen LogP contribution in [0, 0.1) is 23.7 Å². The molecule has 20 nitrogen and oxygen atoms in total. The molecule has 8 bridgehead atoms. The van der Waals surface area contributed by atoms with Gasteiger partial charge in [0, 0.05) is 70.4 Å². The van der Waals surface area contributed by atoms with E-state index in [2.05, 4.69) is 97.9 Å². The predicted octanol–water partition coefficient (Wildman–Crippen LogP) is 4.47. The minimum Gasteiger partial charge on any atom is -0.481 e. The highest BCUT2D eigenvalue weighted by molar-refractivity contribution is 8.04. The molecule has 5 saturated heterocycles. The van der Waals surface area contributed by atoms with E-state index in [9.17, 15) is 39.6 Å². The second-order valence-electron chi connectivity index (χ2n) is 22.8. The van der Waals surface area contributed by atoms with Crippen LogP contribution in [-0.4, -0.2) is 186 Å². The fourth-order valence-corrected chi connectivity index (χ4v) is 19.1. The molecule has 7 rings (SSSR count). The van der Waals surface area contributed by atoms with Crippen LogP contribution in [0.4, 0.5) is 0 Å². The first-order valence-electron chi connectivity index (χ1n) is 28.3. The van der Waals surface area contributed by atoms with Crippen LogP contribution in [0.5, 0.6) is 0 Å². The number of hydrogen-bond acceptors (Lipinski definition) is 20. The van der Waals surface area contributed by atoms with Crippen molar-refractivity contribution in [1.82, 2.24) is 42.5 Å². The Labute approximate surface area is 467 Å². The highest BCUT2D eigenvalue weighted by Gasteiger charge is 2.60. The fraction of sp³-hybridized carbons (Fsp3) is 0.923. The van der Waals surface area contributed by atoms with Gasteiger partial charge in [-0.15, -0.1) is 0 Å². The molecule has 2 saturated carbocycles. The van der Waals surface area contributed by atoms with Gasteiger partial charge in [-0.25, -0.2) is 0 Å². The molecular formula is C52H92N8O12S4. The molecular weight excluding hydrogens is 1060 g/mol. The van der Waals surface area contributed by atoms with E-state index in [-0.39, 0.29) is 169 Å². The summed E-state index contributed by atoms with van der Waals surface area (Å²) in [4.78, 5) is 47.4. The monoisotopic (exact) mass is 1150 g/mol. The van der Waals surface area contributed by atoms with Gasteiger partial charge < -0.3 is 39.4 Å². The maximum atomic E-state index is 11.8. The zero-order chi connectivity index (χ0) is 54.8. The number of carboxylic acids is 4. The van der Waals surface area contributed by atoms with Crippen LogP contribution in [0.25, 0.3) is 0 Å². The van der Waals surface area contributed by atoms with Gasteiger partial charge in [-0.3, -0.25) is 61.7 Å². The minimum absolute atomic E-state index is 0.0285. The molecule has 20 atom stereocenters. The molecule has 436 valence electrons. The van der Waals surface area contributed by atoms with E-state index in [0.717, 1.165) is 25.7 Å². The number of rotatable bonds is 28. The Balaban J connectivity index is 1.36. The molecule has 76 heavy (non-hydrogen) atoms. The van der Waals surface area contributed by atoms with Crippen LogP contribution in [-0.2, 0) is 38.1 Å². The molecule has 0 aromatic heterocycles. The van der Waals surface area contributed by atoms with Crippen molar-refractivity contribution in [3.8, 4) is 0 Å². The van der Waals surface area contributed by atoms with Crippen molar-refractivity contribution >= 4 is 70.9 Å². The van der Waals surface area contributed by atoms with Crippen LogP contribution >= 0.6 is 47.0 Å². The van der Waals surface area contributed by atoms with Crippen molar-refractivity contribution in [2.75, 3.05) is 23.0 Å². The van der Waals surface area contributed by atoms with Gasteiger partial charge in [0.05, 0.1) is 98.2 Å². The van der Waals surface area contributed by atoms with Crippen molar-refractivity contribution in [2.24, 2.45) is 23.7 Å². The van der Waals surface area contributed by atoms with Gasteiger partial charge in [0.2, 0.25) is 0 Å². The molecule has 7 aliphatic rings. The zero-order valence-corrected chi connectivity index (χ0v) is 49.1. The Morgan fingerprint density at radius 3 is 0.724 bits per heavy atom. The Hall–Kier alpha value is -1.20. The lowest BCUT2D eigenvalue weighted by molar-refractivity contribution is -0.138. The maximum Gasteiger partial charge on any atom is 0.303 e. The first-order valence-corrected chi connectivity index (χ1v) is 32.5. The summed E-state index contributed by atoms with van der Waals surface area (Å²) in [6, 6.07) is 0. The minimum atomic E-state index is -0.828.